The van der Waals surface area contributed by atoms with Crippen LogP contribution in [0.25, 0.3) is 11.0 Å². The molecule has 0 aliphatic rings. The molecule has 128 valence electrons. The van der Waals surface area contributed by atoms with E-state index in [4.69, 9.17) is 4.74 Å². The van der Waals surface area contributed by atoms with Crippen molar-refractivity contribution >= 4 is 28.6 Å². The molecule has 6 nitrogen and oxygen atoms in total. The van der Waals surface area contributed by atoms with Gasteiger partial charge in [-0.05, 0) is 36.8 Å². The Bertz CT molecular complexity index is 869. The predicted octanol–water partition coefficient (Wildman–Crippen LogP) is 3.77. The standard InChI is InChI=1S/C19H19N3O3/c1-2-3-11-25-19(24)13-7-4-5-8-14(13)22-18(23)17-12-16-15(21-17)9-6-10-20-16/h4-10,12,21H,2-3,11H2,1H3,(H,22,23). The Morgan fingerprint density at radius 3 is 2.84 bits per heavy atom. The van der Waals surface area contributed by atoms with Crippen molar-refractivity contribution in [3.63, 3.8) is 0 Å². The van der Waals surface area contributed by atoms with E-state index in [2.05, 4.69) is 15.3 Å². The molecule has 2 N–H and O–H groups in total. The smallest absolute Gasteiger partial charge is 0.340 e. The molecule has 0 bridgehead atoms. The Balaban J connectivity index is 1.78. The highest BCUT2D eigenvalue weighted by atomic mass is 16.5. The number of nitrogens with zero attached hydrogens (tertiary/aromatic N) is 1. The van der Waals surface area contributed by atoms with Crippen LogP contribution in [0.5, 0.6) is 0 Å². The summed E-state index contributed by atoms with van der Waals surface area (Å²) in [5.74, 6) is -0.783. The third kappa shape index (κ3) is 3.85. The summed E-state index contributed by atoms with van der Waals surface area (Å²) in [5.41, 5.74) is 2.62. The van der Waals surface area contributed by atoms with E-state index in [-0.39, 0.29) is 5.91 Å². The number of pyridine rings is 1. The number of hydrogen-bond donors (Lipinski definition) is 2. The number of para-hydroxylation sites is 1. The van der Waals surface area contributed by atoms with Crippen LogP contribution in [0.4, 0.5) is 5.69 Å². The molecular weight excluding hydrogens is 318 g/mol. The summed E-state index contributed by atoms with van der Waals surface area (Å²) in [5, 5.41) is 2.76. The minimum absolute atomic E-state index is 0.334. The minimum Gasteiger partial charge on any atom is -0.462 e. The molecule has 3 aromatic rings. The molecule has 0 saturated carbocycles. The zero-order chi connectivity index (χ0) is 17.6. The Morgan fingerprint density at radius 1 is 1.20 bits per heavy atom. The van der Waals surface area contributed by atoms with E-state index in [1.807, 2.05) is 13.0 Å². The SMILES string of the molecule is CCCCOC(=O)c1ccccc1NC(=O)c1cc2ncccc2[nH]1. The van der Waals surface area contributed by atoms with Gasteiger partial charge in [0.1, 0.15) is 5.69 Å². The molecule has 0 aliphatic heterocycles. The molecule has 0 saturated heterocycles. The first kappa shape index (κ1) is 16.7. The number of hydrogen-bond acceptors (Lipinski definition) is 4. The number of benzene rings is 1. The van der Waals surface area contributed by atoms with Gasteiger partial charge in [-0.15, -0.1) is 0 Å². The lowest BCUT2D eigenvalue weighted by molar-refractivity contribution is 0.0501. The maximum Gasteiger partial charge on any atom is 0.340 e. The van der Waals surface area contributed by atoms with Gasteiger partial charge in [0.25, 0.3) is 5.91 Å². The molecule has 1 aromatic carbocycles. The number of aromatic nitrogens is 2. The lowest BCUT2D eigenvalue weighted by Gasteiger charge is -2.10. The van der Waals surface area contributed by atoms with E-state index in [0.717, 1.165) is 18.4 Å². The summed E-state index contributed by atoms with van der Waals surface area (Å²) in [6, 6.07) is 12.1. The number of esters is 1. The summed E-state index contributed by atoms with van der Waals surface area (Å²) in [4.78, 5) is 31.9. The van der Waals surface area contributed by atoms with Crippen LogP contribution < -0.4 is 5.32 Å². The van der Waals surface area contributed by atoms with Gasteiger partial charge in [-0.3, -0.25) is 9.78 Å². The maximum atomic E-state index is 12.5. The molecule has 0 radical (unpaired) electrons. The zero-order valence-electron chi connectivity index (χ0n) is 13.9. The van der Waals surface area contributed by atoms with Crippen LogP contribution in [0.15, 0.2) is 48.7 Å². The van der Waals surface area contributed by atoms with Crippen LogP contribution in [0.3, 0.4) is 0 Å². The van der Waals surface area contributed by atoms with Crippen molar-refractivity contribution in [2.45, 2.75) is 19.8 Å². The number of amides is 1. The molecule has 0 atom stereocenters. The number of rotatable bonds is 6. The fourth-order valence-electron chi connectivity index (χ4n) is 2.43. The molecule has 0 unspecified atom stereocenters. The average Bonchev–Trinajstić information content (AvgIpc) is 3.06. The number of nitrogens with one attached hydrogen (secondary N) is 2. The van der Waals surface area contributed by atoms with Crippen molar-refractivity contribution in [1.29, 1.82) is 0 Å². The third-order valence-electron chi connectivity index (χ3n) is 3.76. The summed E-state index contributed by atoms with van der Waals surface area (Å²) >= 11 is 0. The van der Waals surface area contributed by atoms with Crippen LogP contribution in [0, 0.1) is 0 Å². The summed E-state index contributed by atoms with van der Waals surface area (Å²) in [6.45, 7) is 2.39. The van der Waals surface area contributed by atoms with E-state index >= 15 is 0 Å². The van der Waals surface area contributed by atoms with Gasteiger partial charge in [-0.2, -0.15) is 0 Å². The second kappa shape index (κ2) is 7.61. The number of carbonyl (C=O) groups excluding carboxylic acids is 2. The third-order valence-corrected chi connectivity index (χ3v) is 3.76. The Kier molecular flexibility index (Phi) is 5.09. The van der Waals surface area contributed by atoms with Crippen molar-refractivity contribution < 1.29 is 14.3 Å². The van der Waals surface area contributed by atoms with Gasteiger partial charge >= 0.3 is 5.97 Å². The lowest BCUT2D eigenvalue weighted by Crippen LogP contribution is -2.16. The number of unbranched alkanes of at least 4 members (excludes halogenated alkanes) is 1. The van der Waals surface area contributed by atoms with Gasteiger partial charge in [-0.25, -0.2) is 4.79 Å². The molecular formula is C19H19N3O3. The quantitative estimate of drug-likeness (QED) is 0.530. The fraction of sp³-hybridized carbons (Fsp3) is 0.211. The molecule has 0 spiro atoms. The van der Waals surface area contributed by atoms with E-state index in [0.29, 0.717) is 29.1 Å². The van der Waals surface area contributed by atoms with Crippen molar-refractivity contribution in [2.75, 3.05) is 11.9 Å². The first-order valence-electron chi connectivity index (χ1n) is 8.20. The van der Waals surface area contributed by atoms with E-state index < -0.39 is 5.97 Å². The Hall–Kier alpha value is -3.15. The summed E-state index contributed by atoms with van der Waals surface area (Å²) in [6.07, 6.45) is 3.42. The number of carbonyl (C=O) groups is 2. The number of aromatic amines is 1. The van der Waals surface area contributed by atoms with Crippen LogP contribution in [-0.2, 0) is 4.74 Å². The second-order valence-electron chi connectivity index (χ2n) is 5.61. The molecule has 2 aromatic heterocycles. The average molecular weight is 337 g/mol. The minimum atomic E-state index is -0.442. The lowest BCUT2D eigenvalue weighted by atomic mass is 10.1. The van der Waals surface area contributed by atoms with Gasteiger partial charge in [0.2, 0.25) is 0 Å². The maximum absolute atomic E-state index is 12.5. The molecule has 1 amide bonds. The van der Waals surface area contributed by atoms with Crippen molar-refractivity contribution in [3.05, 3.63) is 59.9 Å². The molecule has 2 heterocycles. The molecule has 0 aliphatic carbocycles. The molecule has 25 heavy (non-hydrogen) atoms. The van der Waals surface area contributed by atoms with Crippen LogP contribution >= 0.6 is 0 Å². The first-order chi connectivity index (χ1) is 12.2. The van der Waals surface area contributed by atoms with Gasteiger partial charge < -0.3 is 15.0 Å². The summed E-state index contributed by atoms with van der Waals surface area (Å²) in [7, 11) is 0. The zero-order valence-corrected chi connectivity index (χ0v) is 13.9. The molecule has 3 rings (SSSR count). The largest absolute Gasteiger partial charge is 0.462 e. The monoisotopic (exact) mass is 337 g/mol. The number of fused-ring (bicyclic) bond motifs is 1. The predicted molar refractivity (Wildman–Crippen MR) is 95.7 cm³/mol. The Morgan fingerprint density at radius 2 is 2.04 bits per heavy atom. The van der Waals surface area contributed by atoms with E-state index in [1.54, 1.807) is 42.6 Å². The van der Waals surface area contributed by atoms with E-state index in [9.17, 15) is 9.59 Å². The van der Waals surface area contributed by atoms with Crippen molar-refractivity contribution in [2.24, 2.45) is 0 Å². The highest BCUT2D eigenvalue weighted by Gasteiger charge is 2.16. The van der Waals surface area contributed by atoms with Gasteiger partial charge in [0.15, 0.2) is 0 Å². The molecule has 0 fully saturated rings. The Labute approximate surface area is 145 Å². The highest BCUT2D eigenvalue weighted by Crippen LogP contribution is 2.19. The topological polar surface area (TPSA) is 84.1 Å². The van der Waals surface area contributed by atoms with Gasteiger partial charge in [0.05, 0.1) is 28.9 Å². The highest BCUT2D eigenvalue weighted by molar-refractivity contribution is 6.08. The normalized spacial score (nSPS) is 10.6. The van der Waals surface area contributed by atoms with Crippen LogP contribution in [-0.4, -0.2) is 28.5 Å². The number of H-pyrrole nitrogens is 1. The van der Waals surface area contributed by atoms with Crippen LogP contribution in [0.2, 0.25) is 0 Å². The summed E-state index contributed by atoms with van der Waals surface area (Å²) < 4.78 is 5.24. The van der Waals surface area contributed by atoms with Gasteiger partial charge in [0, 0.05) is 6.20 Å². The van der Waals surface area contributed by atoms with Crippen molar-refractivity contribution in [3.8, 4) is 0 Å². The first-order valence-corrected chi connectivity index (χ1v) is 8.20. The number of ether oxygens (including phenoxy) is 1. The second-order valence-corrected chi connectivity index (χ2v) is 5.61. The molecule has 6 heteroatoms. The van der Waals surface area contributed by atoms with Crippen molar-refractivity contribution in [1.82, 2.24) is 9.97 Å². The fourth-order valence-corrected chi connectivity index (χ4v) is 2.43. The van der Waals surface area contributed by atoms with Crippen LogP contribution in [0.1, 0.15) is 40.6 Å². The van der Waals surface area contributed by atoms with Gasteiger partial charge in [-0.1, -0.05) is 25.5 Å². The number of anilines is 1. The van der Waals surface area contributed by atoms with E-state index in [1.165, 1.54) is 0 Å².